The molecule has 2 aromatic heterocycles. The van der Waals surface area contributed by atoms with Gasteiger partial charge in [0.1, 0.15) is 0 Å². The molecular formula is C28H35N5OS. The summed E-state index contributed by atoms with van der Waals surface area (Å²) in [6.45, 7) is 4.03. The van der Waals surface area contributed by atoms with Crippen molar-refractivity contribution in [2.45, 2.75) is 63.1 Å². The van der Waals surface area contributed by atoms with E-state index in [1.54, 1.807) is 18.0 Å². The number of thioether (sulfide) groups is 1. The van der Waals surface area contributed by atoms with Crippen LogP contribution in [-0.2, 0) is 11.2 Å². The van der Waals surface area contributed by atoms with E-state index in [0.717, 1.165) is 55.3 Å². The summed E-state index contributed by atoms with van der Waals surface area (Å²) in [7, 11) is 0. The van der Waals surface area contributed by atoms with E-state index >= 15 is 0 Å². The number of carbonyl (C=O) groups excluding carboxylic acids is 1. The lowest BCUT2D eigenvalue weighted by Gasteiger charge is -2.33. The van der Waals surface area contributed by atoms with Crippen LogP contribution in [0.1, 0.15) is 57.1 Å². The summed E-state index contributed by atoms with van der Waals surface area (Å²) in [5.41, 5.74) is 2.38. The number of carbonyl (C=O) groups is 1. The van der Waals surface area contributed by atoms with E-state index in [9.17, 15) is 4.79 Å². The molecule has 3 aromatic rings. The van der Waals surface area contributed by atoms with E-state index in [1.165, 1.54) is 24.8 Å². The van der Waals surface area contributed by atoms with Crippen LogP contribution in [0.2, 0.25) is 0 Å². The van der Waals surface area contributed by atoms with E-state index in [1.807, 2.05) is 23.2 Å². The van der Waals surface area contributed by atoms with Crippen LogP contribution >= 0.6 is 11.8 Å². The topological polar surface area (TPSA) is 63.9 Å². The van der Waals surface area contributed by atoms with Crippen molar-refractivity contribution in [3.05, 3.63) is 60.4 Å². The quantitative estimate of drug-likeness (QED) is 0.401. The smallest absolute Gasteiger partial charge is 0.233 e. The molecule has 1 saturated carbocycles. The summed E-state index contributed by atoms with van der Waals surface area (Å²) < 4.78 is 2.30. The molecule has 0 bridgehead atoms. The third-order valence-electron chi connectivity index (χ3n) is 7.64. The summed E-state index contributed by atoms with van der Waals surface area (Å²) in [5, 5.41) is 9.98. The highest BCUT2D eigenvalue weighted by Crippen LogP contribution is 2.39. The second kappa shape index (κ2) is 11.4. The fraction of sp³-hybridized carbons (Fsp3) is 0.500. The number of nitrogens with zero attached hydrogens (tertiary/aromatic N) is 5. The zero-order valence-electron chi connectivity index (χ0n) is 20.6. The SMILES string of the molecule is C[C@@H]1CCCC[C@@H]1n1c(SCC(=O)N2CCC(Cc3ccccc3)CC2)nnc1-c1cccnc1. The minimum atomic E-state index is 0.210. The normalized spacial score (nSPS) is 21.2. The summed E-state index contributed by atoms with van der Waals surface area (Å²) in [6, 6.07) is 15.0. The minimum Gasteiger partial charge on any atom is -0.342 e. The Balaban J connectivity index is 1.23. The zero-order valence-corrected chi connectivity index (χ0v) is 21.4. The lowest BCUT2D eigenvalue weighted by atomic mass is 9.85. The number of aromatic nitrogens is 4. The van der Waals surface area contributed by atoms with Crippen LogP contribution in [0.5, 0.6) is 0 Å². The highest BCUT2D eigenvalue weighted by Gasteiger charge is 2.30. The molecule has 1 amide bonds. The molecule has 6 nitrogen and oxygen atoms in total. The molecule has 35 heavy (non-hydrogen) atoms. The Morgan fingerprint density at radius 2 is 1.80 bits per heavy atom. The molecule has 0 unspecified atom stereocenters. The van der Waals surface area contributed by atoms with Gasteiger partial charge in [0.05, 0.1) is 5.75 Å². The highest BCUT2D eigenvalue weighted by molar-refractivity contribution is 7.99. The van der Waals surface area contributed by atoms with E-state index in [0.29, 0.717) is 23.6 Å². The molecule has 184 valence electrons. The average molecular weight is 490 g/mol. The third-order valence-corrected chi connectivity index (χ3v) is 8.57. The number of hydrogen-bond donors (Lipinski definition) is 0. The summed E-state index contributed by atoms with van der Waals surface area (Å²) >= 11 is 1.54. The first-order valence-electron chi connectivity index (χ1n) is 13.0. The first-order valence-corrected chi connectivity index (χ1v) is 14.0. The standard InChI is InChI=1S/C28H35N5OS/c1-21-8-5-6-12-25(21)33-27(24-11-7-15-29-19-24)30-31-28(33)35-20-26(34)32-16-13-23(14-17-32)18-22-9-3-2-4-10-22/h2-4,7,9-11,15,19,21,23,25H,5-6,8,12-14,16-18,20H2,1H3/t21-,25+/m1/s1. The lowest BCUT2D eigenvalue weighted by molar-refractivity contribution is -0.129. The van der Waals surface area contributed by atoms with Gasteiger partial charge >= 0.3 is 0 Å². The summed E-state index contributed by atoms with van der Waals surface area (Å²) in [5.74, 6) is 2.71. The Hall–Kier alpha value is -2.67. The average Bonchev–Trinajstić information content (AvgIpc) is 3.33. The van der Waals surface area contributed by atoms with E-state index < -0.39 is 0 Å². The van der Waals surface area contributed by atoms with Crippen molar-refractivity contribution >= 4 is 17.7 Å². The van der Waals surface area contributed by atoms with Gasteiger partial charge < -0.3 is 4.90 Å². The molecule has 0 radical (unpaired) electrons. The van der Waals surface area contributed by atoms with E-state index in [-0.39, 0.29) is 5.91 Å². The molecule has 2 aliphatic rings. The maximum absolute atomic E-state index is 13.1. The van der Waals surface area contributed by atoms with Gasteiger partial charge in [-0.3, -0.25) is 14.3 Å². The van der Waals surface area contributed by atoms with Crippen LogP contribution in [0.4, 0.5) is 0 Å². The van der Waals surface area contributed by atoms with Crippen LogP contribution in [0.15, 0.2) is 60.0 Å². The Morgan fingerprint density at radius 3 is 2.54 bits per heavy atom. The van der Waals surface area contributed by atoms with Gasteiger partial charge in [0, 0.05) is 37.1 Å². The molecule has 1 aliphatic carbocycles. The summed E-state index contributed by atoms with van der Waals surface area (Å²) in [6.07, 6.45) is 11.7. The number of benzene rings is 1. The third kappa shape index (κ3) is 5.77. The van der Waals surface area contributed by atoms with Gasteiger partial charge in [-0.15, -0.1) is 10.2 Å². The Bertz CT molecular complexity index is 1100. The van der Waals surface area contributed by atoms with Gasteiger partial charge in [-0.1, -0.05) is 61.9 Å². The Labute approximate surface area is 212 Å². The fourth-order valence-corrected chi connectivity index (χ4v) is 6.49. The second-order valence-electron chi connectivity index (χ2n) is 10.0. The van der Waals surface area contributed by atoms with E-state index in [2.05, 4.69) is 57.0 Å². The van der Waals surface area contributed by atoms with Crippen molar-refractivity contribution in [1.29, 1.82) is 0 Å². The molecule has 1 aromatic carbocycles. The lowest BCUT2D eigenvalue weighted by Crippen LogP contribution is -2.39. The molecule has 5 rings (SSSR count). The number of pyridine rings is 1. The minimum absolute atomic E-state index is 0.210. The van der Waals surface area contributed by atoms with Gasteiger partial charge in [0.15, 0.2) is 11.0 Å². The van der Waals surface area contributed by atoms with E-state index in [4.69, 9.17) is 0 Å². The Kier molecular flexibility index (Phi) is 7.82. The predicted molar refractivity (Wildman–Crippen MR) is 140 cm³/mol. The molecule has 7 heteroatoms. The first kappa shape index (κ1) is 24.0. The molecule has 1 aliphatic heterocycles. The largest absolute Gasteiger partial charge is 0.342 e. The summed E-state index contributed by atoms with van der Waals surface area (Å²) in [4.78, 5) is 19.4. The number of piperidine rings is 1. The highest BCUT2D eigenvalue weighted by atomic mass is 32.2. The second-order valence-corrected chi connectivity index (χ2v) is 11.0. The van der Waals surface area contributed by atoms with Crippen molar-refractivity contribution in [2.24, 2.45) is 11.8 Å². The Morgan fingerprint density at radius 1 is 1.00 bits per heavy atom. The maximum Gasteiger partial charge on any atom is 0.233 e. The molecule has 2 fully saturated rings. The first-order chi connectivity index (χ1) is 17.2. The molecule has 2 atom stereocenters. The van der Waals surface area contributed by atoms with Crippen LogP contribution in [0.25, 0.3) is 11.4 Å². The molecule has 3 heterocycles. The van der Waals surface area contributed by atoms with Crippen molar-refractivity contribution in [1.82, 2.24) is 24.6 Å². The van der Waals surface area contributed by atoms with Gasteiger partial charge in [-0.25, -0.2) is 0 Å². The maximum atomic E-state index is 13.1. The number of rotatable bonds is 7. The van der Waals surface area contributed by atoms with Crippen LogP contribution in [0.3, 0.4) is 0 Å². The van der Waals surface area contributed by atoms with Crippen LogP contribution in [0, 0.1) is 11.8 Å². The van der Waals surface area contributed by atoms with Crippen molar-refractivity contribution in [3.63, 3.8) is 0 Å². The van der Waals surface area contributed by atoms with Crippen LogP contribution < -0.4 is 0 Å². The number of likely N-dealkylation sites (tertiary alicyclic amines) is 1. The van der Waals surface area contributed by atoms with Gasteiger partial charge in [-0.05, 0) is 61.6 Å². The number of hydrogen-bond acceptors (Lipinski definition) is 5. The van der Waals surface area contributed by atoms with Gasteiger partial charge in [-0.2, -0.15) is 0 Å². The van der Waals surface area contributed by atoms with Crippen molar-refractivity contribution in [2.75, 3.05) is 18.8 Å². The fourth-order valence-electron chi connectivity index (χ4n) is 5.60. The molecular weight excluding hydrogens is 454 g/mol. The number of amides is 1. The van der Waals surface area contributed by atoms with Crippen molar-refractivity contribution < 1.29 is 4.79 Å². The molecule has 0 spiro atoms. The monoisotopic (exact) mass is 489 g/mol. The predicted octanol–water partition coefficient (Wildman–Crippen LogP) is 5.66. The van der Waals surface area contributed by atoms with Gasteiger partial charge in [0.2, 0.25) is 5.91 Å². The molecule has 1 saturated heterocycles. The van der Waals surface area contributed by atoms with Crippen molar-refractivity contribution in [3.8, 4) is 11.4 Å². The van der Waals surface area contributed by atoms with Crippen LogP contribution in [-0.4, -0.2) is 49.4 Å². The van der Waals surface area contributed by atoms with Gasteiger partial charge in [0.25, 0.3) is 0 Å². The molecule has 0 N–H and O–H groups in total. The zero-order chi connectivity index (χ0) is 24.0.